The first-order chi connectivity index (χ1) is 9.74. The van der Waals surface area contributed by atoms with Gasteiger partial charge in [0.2, 0.25) is 0 Å². The van der Waals surface area contributed by atoms with Gasteiger partial charge in [-0.3, -0.25) is 0 Å². The molecule has 0 saturated carbocycles. The van der Waals surface area contributed by atoms with Crippen LogP contribution in [-0.2, 0) is 0 Å². The number of rotatable bonds is 5. The van der Waals surface area contributed by atoms with Crippen LogP contribution in [0.1, 0.15) is 30.4 Å². The molecule has 0 saturated heterocycles. The zero-order valence-corrected chi connectivity index (χ0v) is 11.9. The zero-order valence-electron chi connectivity index (χ0n) is 11.9. The lowest BCUT2D eigenvalue weighted by atomic mass is 9.94. The van der Waals surface area contributed by atoms with Crippen LogP contribution in [0.25, 0.3) is 6.08 Å². The van der Waals surface area contributed by atoms with Gasteiger partial charge in [-0.2, -0.15) is 0 Å². The van der Waals surface area contributed by atoms with Gasteiger partial charge in [0.1, 0.15) is 11.5 Å². The highest BCUT2D eigenvalue weighted by Crippen LogP contribution is 2.32. The number of benzene rings is 2. The van der Waals surface area contributed by atoms with Gasteiger partial charge in [-0.25, -0.2) is 0 Å². The van der Waals surface area contributed by atoms with Crippen LogP contribution in [0.5, 0.6) is 11.5 Å². The molecule has 0 radical (unpaired) electrons. The molecule has 0 aliphatic heterocycles. The van der Waals surface area contributed by atoms with E-state index in [0.717, 1.165) is 23.3 Å². The number of ether oxygens (including phenoxy) is 1. The smallest absolute Gasteiger partial charge is 0.119 e. The predicted molar refractivity (Wildman–Crippen MR) is 83.2 cm³/mol. The van der Waals surface area contributed by atoms with E-state index in [1.54, 1.807) is 19.2 Å². The van der Waals surface area contributed by atoms with Crippen LogP contribution in [0.3, 0.4) is 0 Å². The van der Waals surface area contributed by atoms with Crippen molar-refractivity contribution in [3.05, 3.63) is 65.7 Å². The number of methoxy groups -OCH3 is 1. The van der Waals surface area contributed by atoms with Crippen molar-refractivity contribution in [2.75, 3.05) is 7.11 Å². The summed E-state index contributed by atoms with van der Waals surface area (Å²) in [4.78, 5) is 0. The minimum absolute atomic E-state index is 0.172. The molecule has 104 valence electrons. The number of phenols is 1. The van der Waals surface area contributed by atoms with Crippen molar-refractivity contribution in [1.29, 1.82) is 0 Å². The Morgan fingerprint density at radius 3 is 2.55 bits per heavy atom. The van der Waals surface area contributed by atoms with Gasteiger partial charge in [0, 0.05) is 11.5 Å². The van der Waals surface area contributed by atoms with Crippen molar-refractivity contribution in [2.24, 2.45) is 0 Å². The van der Waals surface area contributed by atoms with Gasteiger partial charge >= 0.3 is 0 Å². The van der Waals surface area contributed by atoms with Crippen molar-refractivity contribution in [3.63, 3.8) is 0 Å². The quantitative estimate of drug-likeness (QED) is 0.858. The van der Waals surface area contributed by atoms with E-state index in [2.05, 4.69) is 31.2 Å². The number of aromatic hydroxyl groups is 1. The van der Waals surface area contributed by atoms with Gasteiger partial charge in [0.05, 0.1) is 7.11 Å². The van der Waals surface area contributed by atoms with E-state index in [-0.39, 0.29) is 5.92 Å². The number of allylic oxidation sites excluding steroid dienone is 1. The molecule has 0 spiro atoms. The Labute approximate surface area is 120 Å². The number of hydrogen-bond donors (Lipinski definition) is 1. The summed E-state index contributed by atoms with van der Waals surface area (Å²) in [6.45, 7) is 2.11. The largest absolute Gasteiger partial charge is 0.508 e. The fraction of sp³-hybridized carbons (Fsp3) is 0.222. The van der Waals surface area contributed by atoms with E-state index in [4.69, 9.17) is 4.74 Å². The molecule has 2 rings (SSSR count). The topological polar surface area (TPSA) is 29.5 Å². The first-order valence-corrected chi connectivity index (χ1v) is 6.84. The Morgan fingerprint density at radius 1 is 1.15 bits per heavy atom. The normalized spacial score (nSPS) is 12.5. The summed E-state index contributed by atoms with van der Waals surface area (Å²) in [7, 11) is 1.64. The third-order valence-corrected chi connectivity index (χ3v) is 3.39. The van der Waals surface area contributed by atoms with Crippen LogP contribution in [0.2, 0.25) is 0 Å². The van der Waals surface area contributed by atoms with E-state index in [1.807, 2.05) is 24.3 Å². The summed E-state index contributed by atoms with van der Waals surface area (Å²) < 4.78 is 5.23. The minimum Gasteiger partial charge on any atom is -0.508 e. The van der Waals surface area contributed by atoms with E-state index < -0.39 is 0 Å². The predicted octanol–water partition coefficient (Wildman–Crippen LogP) is 4.61. The lowest BCUT2D eigenvalue weighted by Gasteiger charge is -2.14. The molecule has 1 atom stereocenters. The van der Waals surface area contributed by atoms with Gasteiger partial charge in [0.15, 0.2) is 0 Å². The first-order valence-electron chi connectivity index (χ1n) is 6.84. The lowest BCUT2D eigenvalue weighted by Crippen LogP contribution is -1.95. The molecule has 2 aromatic rings. The summed E-state index contributed by atoms with van der Waals surface area (Å²) >= 11 is 0. The lowest BCUT2D eigenvalue weighted by molar-refractivity contribution is 0.410. The van der Waals surface area contributed by atoms with E-state index in [9.17, 15) is 5.11 Å². The maximum Gasteiger partial charge on any atom is 0.119 e. The van der Waals surface area contributed by atoms with Crippen molar-refractivity contribution >= 4 is 6.08 Å². The van der Waals surface area contributed by atoms with Crippen molar-refractivity contribution in [3.8, 4) is 11.5 Å². The van der Waals surface area contributed by atoms with E-state index >= 15 is 0 Å². The molecule has 2 heteroatoms. The van der Waals surface area contributed by atoms with Crippen molar-refractivity contribution in [2.45, 2.75) is 19.3 Å². The van der Waals surface area contributed by atoms with Gasteiger partial charge in [-0.15, -0.1) is 0 Å². The molecular formula is C18H20O2. The second-order valence-electron chi connectivity index (χ2n) is 4.71. The Balaban J connectivity index is 2.26. The Morgan fingerprint density at radius 2 is 1.90 bits per heavy atom. The maximum atomic E-state index is 10.0. The van der Waals surface area contributed by atoms with Crippen LogP contribution in [0.15, 0.2) is 54.6 Å². The second-order valence-corrected chi connectivity index (χ2v) is 4.71. The summed E-state index contributed by atoms with van der Waals surface area (Å²) in [5.41, 5.74) is 2.06. The molecule has 0 aromatic heterocycles. The second kappa shape index (κ2) is 6.80. The molecular weight excluding hydrogens is 248 g/mol. The van der Waals surface area contributed by atoms with Gasteiger partial charge in [0.25, 0.3) is 0 Å². The standard InChI is InChI=1S/C18H20O2/c1-3-15(10-9-14-7-5-4-6-8-14)17-13-16(20-2)11-12-18(17)19/h4-13,15,19H,3H2,1-2H3/b10-9-. The zero-order chi connectivity index (χ0) is 14.4. The molecule has 20 heavy (non-hydrogen) atoms. The fourth-order valence-corrected chi connectivity index (χ4v) is 2.21. The molecule has 0 heterocycles. The first kappa shape index (κ1) is 14.2. The maximum absolute atomic E-state index is 10.0. The molecule has 1 unspecified atom stereocenters. The summed E-state index contributed by atoms with van der Waals surface area (Å²) in [5, 5.41) is 10.0. The van der Waals surface area contributed by atoms with Crippen LogP contribution in [-0.4, -0.2) is 12.2 Å². The summed E-state index contributed by atoms with van der Waals surface area (Å²) in [6.07, 6.45) is 5.14. The molecule has 0 aliphatic rings. The fourth-order valence-electron chi connectivity index (χ4n) is 2.21. The number of hydrogen-bond acceptors (Lipinski definition) is 2. The minimum atomic E-state index is 0.172. The molecule has 0 fully saturated rings. The van der Waals surface area contributed by atoms with Crippen LogP contribution >= 0.6 is 0 Å². The molecule has 0 bridgehead atoms. The highest BCUT2D eigenvalue weighted by Gasteiger charge is 2.11. The van der Waals surface area contributed by atoms with Gasteiger partial charge in [-0.1, -0.05) is 49.4 Å². The van der Waals surface area contributed by atoms with Crippen LogP contribution < -0.4 is 4.74 Å². The Kier molecular flexibility index (Phi) is 4.83. The SMILES string of the molecule is CCC(/C=C\c1ccccc1)c1cc(OC)ccc1O. The third kappa shape index (κ3) is 3.41. The molecule has 2 nitrogen and oxygen atoms in total. The molecule has 0 amide bonds. The summed E-state index contributed by atoms with van der Waals surface area (Å²) in [5.74, 6) is 1.25. The van der Waals surface area contributed by atoms with Crippen molar-refractivity contribution < 1.29 is 9.84 Å². The van der Waals surface area contributed by atoms with E-state index in [1.165, 1.54) is 0 Å². The van der Waals surface area contributed by atoms with Crippen LogP contribution in [0, 0.1) is 0 Å². The Bertz CT molecular complexity index is 573. The van der Waals surface area contributed by atoms with E-state index in [0.29, 0.717) is 5.75 Å². The molecule has 0 aliphatic carbocycles. The summed E-state index contributed by atoms with van der Waals surface area (Å²) in [6, 6.07) is 15.5. The number of phenolic OH excluding ortho intramolecular Hbond substituents is 1. The molecule has 2 aromatic carbocycles. The third-order valence-electron chi connectivity index (χ3n) is 3.39. The highest BCUT2D eigenvalue weighted by molar-refractivity contribution is 5.52. The monoisotopic (exact) mass is 268 g/mol. The average molecular weight is 268 g/mol. The highest BCUT2D eigenvalue weighted by atomic mass is 16.5. The molecule has 1 N–H and O–H groups in total. The Hall–Kier alpha value is -2.22. The average Bonchev–Trinajstić information content (AvgIpc) is 2.50. The van der Waals surface area contributed by atoms with Crippen molar-refractivity contribution in [1.82, 2.24) is 0 Å². The van der Waals surface area contributed by atoms with Gasteiger partial charge in [-0.05, 0) is 30.2 Å². The van der Waals surface area contributed by atoms with Gasteiger partial charge < -0.3 is 9.84 Å². The van der Waals surface area contributed by atoms with Crippen LogP contribution in [0.4, 0.5) is 0 Å².